The molecular weight excluding hydrogens is 683 g/mol. The summed E-state index contributed by atoms with van der Waals surface area (Å²) in [6.07, 6.45) is 4.00. The number of nitrogens with zero attached hydrogens (tertiary/aromatic N) is 7. The Morgan fingerprint density at radius 3 is 1.86 bits per heavy atom. The Labute approximate surface area is 299 Å². The largest absolute Gasteiger partial charge is 0.497 e. The molecular formula is C35H40Cl2N8O5. The second-order valence-electron chi connectivity index (χ2n) is 12.8. The molecule has 2 fully saturated rings. The number of fused-ring (bicyclic) bond motifs is 2. The first-order valence-corrected chi connectivity index (χ1v) is 17.2. The van der Waals surface area contributed by atoms with Gasteiger partial charge in [-0.05, 0) is 38.5 Å². The van der Waals surface area contributed by atoms with Crippen molar-refractivity contribution in [3.63, 3.8) is 0 Å². The lowest BCUT2D eigenvalue weighted by Gasteiger charge is -2.26. The maximum atomic E-state index is 12.8. The summed E-state index contributed by atoms with van der Waals surface area (Å²) in [4.78, 5) is 43.1. The minimum absolute atomic E-state index is 0.0197. The molecule has 5 atom stereocenters. The van der Waals surface area contributed by atoms with E-state index in [0.717, 1.165) is 33.4 Å². The molecule has 0 spiro atoms. The van der Waals surface area contributed by atoms with Crippen LogP contribution in [0.2, 0.25) is 10.3 Å². The predicted molar refractivity (Wildman–Crippen MR) is 190 cm³/mol. The van der Waals surface area contributed by atoms with Gasteiger partial charge in [0.2, 0.25) is 23.6 Å². The van der Waals surface area contributed by atoms with Gasteiger partial charge in [-0.15, -0.1) is 0 Å². The smallest absolute Gasteiger partial charge is 0.241 e. The van der Waals surface area contributed by atoms with E-state index in [1.54, 1.807) is 31.9 Å². The fraction of sp³-hybridized carbons (Fsp3) is 0.429. The summed E-state index contributed by atoms with van der Waals surface area (Å²) in [7, 11) is 5.41. The van der Waals surface area contributed by atoms with Gasteiger partial charge in [0.15, 0.2) is 0 Å². The molecule has 0 radical (unpaired) electrons. The molecule has 5 aromatic rings. The fourth-order valence-corrected chi connectivity index (χ4v) is 6.76. The zero-order chi connectivity index (χ0) is 35.7. The molecule has 0 bridgehead atoms. The Bertz CT molecular complexity index is 2020. The van der Waals surface area contributed by atoms with Crippen LogP contribution in [0.1, 0.15) is 45.2 Å². The van der Waals surface area contributed by atoms with Crippen molar-refractivity contribution >= 4 is 57.1 Å². The van der Waals surface area contributed by atoms with Gasteiger partial charge in [0, 0.05) is 64.0 Å². The number of carbonyl (C=O) groups excluding carboxylic acids is 2. The standard InChI is InChI=1S/C22H25ClN4O3.C13H15ClN4O2/c1-13(15-5-7-17(29-4)8-6-15)27-11-16(9-20(27)28)14(2)30-22-21-18(10-19(23)25-22)24-12-26(21)3;1-7(8-3-11(19)15-5-8)20-13-12-9(4-10(14)17-13)16-6-18(12)2/h5-8,10,12-14,16H,9,11H2,1-4H3;4,6-8H,3,5H2,1-2H3,(H,15,19)/t13-,14-,16-;7-,8-/m11/s1. The Hall–Kier alpha value is -4.62. The van der Waals surface area contributed by atoms with Crippen LogP contribution in [0.25, 0.3) is 22.1 Å². The number of benzene rings is 1. The number of aryl methyl sites for hydroxylation is 2. The van der Waals surface area contributed by atoms with Crippen LogP contribution in [0, 0.1) is 11.8 Å². The molecule has 6 heterocycles. The lowest BCUT2D eigenvalue weighted by Crippen LogP contribution is -2.31. The van der Waals surface area contributed by atoms with Crippen LogP contribution in [-0.2, 0) is 23.7 Å². The molecule has 0 saturated carbocycles. The molecule has 0 aliphatic carbocycles. The molecule has 2 amide bonds. The Morgan fingerprint density at radius 1 is 0.820 bits per heavy atom. The summed E-state index contributed by atoms with van der Waals surface area (Å²) in [5, 5.41) is 3.49. The van der Waals surface area contributed by atoms with Crippen molar-refractivity contribution in [1.82, 2.24) is 39.3 Å². The summed E-state index contributed by atoms with van der Waals surface area (Å²) < 4.78 is 21.1. The van der Waals surface area contributed by atoms with E-state index in [9.17, 15) is 9.59 Å². The van der Waals surface area contributed by atoms with Gasteiger partial charge < -0.3 is 33.6 Å². The number of halogens is 2. The minimum atomic E-state index is -0.203. The maximum Gasteiger partial charge on any atom is 0.241 e. The van der Waals surface area contributed by atoms with Crippen LogP contribution in [0.3, 0.4) is 0 Å². The highest BCUT2D eigenvalue weighted by molar-refractivity contribution is 6.30. The van der Waals surface area contributed by atoms with Gasteiger partial charge in [0.05, 0.1) is 36.8 Å². The number of pyridine rings is 2. The average Bonchev–Trinajstić information content (AvgIpc) is 3.88. The number of aromatic nitrogens is 6. The van der Waals surface area contributed by atoms with Gasteiger partial charge >= 0.3 is 0 Å². The second kappa shape index (κ2) is 14.7. The first-order chi connectivity index (χ1) is 23.9. The predicted octanol–water partition coefficient (Wildman–Crippen LogP) is 5.53. The highest BCUT2D eigenvalue weighted by Crippen LogP contribution is 2.34. The fourth-order valence-electron chi connectivity index (χ4n) is 6.40. The molecule has 50 heavy (non-hydrogen) atoms. The van der Waals surface area contributed by atoms with Crippen LogP contribution in [0.15, 0.2) is 49.1 Å². The highest BCUT2D eigenvalue weighted by atomic mass is 35.5. The van der Waals surface area contributed by atoms with Gasteiger partial charge in [0.1, 0.15) is 39.3 Å². The third-order valence-corrected chi connectivity index (χ3v) is 9.84. The highest BCUT2D eigenvalue weighted by Gasteiger charge is 2.37. The van der Waals surface area contributed by atoms with Gasteiger partial charge in [0.25, 0.3) is 0 Å². The first-order valence-electron chi connectivity index (χ1n) is 16.4. The van der Waals surface area contributed by atoms with Gasteiger partial charge in [-0.25, -0.2) is 9.97 Å². The molecule has 7 rings (SSSR count). The molecule has 0 unspecified atom stereocenters. The Morgan fingerprint density at radius 2 is 1.36 bits per heavy atom. The molecule has 15 heteroatoms. The number of likely N-dealkylation sites (tertiary alicyclic amines) is 1. The van der Waals surface area contributed by atoms with E-state index in [1.165, 1.54) is 0 Å². The van der Waals surface area contributed by atoms with Crippen LogP contribution in [0.4, 0.5) is 0 Å². The number of amides is 2. The van der Waals surface area contributed by atoms with Crippen molar-refractivity contribution in [1.29, 1.82) is 0 Å². The molecule has 2 aliphatic heterocycles. The van der Waals surface area contributed by atoms with E-state index >= 15 is 0 Å². The number of hydrogen-bond acceptors (Lipinski definition) is 9. The SMILES string of the molecule is COc1ccc([C@@H](C)N2C[C@H]([C@@H](C)Oc3nc(Cl)cc4ncn(C)c34)CC2=O)cc1.C[C@@H](Oc1nc(Cl)cc2ncn(C)c12)[C@H]1CNC(=O)C1. The quantitative estimate of drug-likeness (QED) is 0.195. The van der Waals surface area contributed by atoms with Crippen LogP contribution >= 0.6 is 23.2 Å². The first kappa shape index (κ1) is 35.2. The molecule has 2 aliphatic rings. The maximum absolute atomic E-state index is 12.8. The van der Waals surface area contributed by atoms with E-state index in [2.05, 4.69) is 25.3 Å². The number of nitrogens with one attached hydrogen (secondary N) is 1. The molecule has 2 saturated heterocycles. The third kappa shape index (κ3) is 7.43. The number of carbonyl (C=O) groups is 2. The van der Waals surface area contributed by atoms with E-state index in [0.29, 0.717) is 48.0 Å². The molecule has 1 aromatic carbocycles. The molecule has 1 N–H and O–H groups in total. The van der Waals surface area contributed by atoms with Crippen molar-refractivity contribution in [2.24, 2.45) is 25.9 Å². The van der Waals surface area contributed by atoms with Crippen LogP contribution < -0.4 is 19.5 Å². The third-order valence-electron chi connectivity index (χ3n) is 9.45. The number of hydrogen-bond donors (Lipinski definition) is 1. The Kier molecular flexibility index (Phi) is 10.4. The summed E-state index contributed by atoms with van der Waals surface area (Å²) in [6.45, 7) is 7.22. The van der Waals surface area contributed by atoms with Crippen molar-refractivity contribution in [3.8, 4) is 17.5 Å². The lowest BCUT2D eigenvalue weighted by atomic mass is 10.0. The number of imidazole rings is 2. The van der Waals surface area contributed by atoms with E-state index < -0.39 is 0 Å². The second-order valence-corrected chi connectivity index (χ2v) is 13.6. The zero-order valence-electron chi connectivity index (χ0n) is 28.8. The molecule has 4 aromatic heterocycles. The van der Waals surface area contributed by atoms with Crippen molar-refractivity contribution in [2.45, 2.75) is 51.9 Å². The Balaban J connectivity index is 0.000000187. The topological polar surface area (TPSA) is 139 Å². The van der Waals surface area contributed by atoms with Crippen LogP contribution in [0.5, 0.6) is 17.5 Å². The minimum Gasteiger partial charge on any atom is -0.497 e. The van der Waals surface area contributed by atoms with Gasteiger partial charge in [-0.3, -0.25) is 9.59 Å². The lowest BCUT2D eigenvalue weighted by molar-refractivity contribution is -0.129. The summed E-state index contributed by atoms with van der Waals surface area (Å²) in [5.74, 6) is 2.10. The molecule has 264 valence electrons. The normalized spacial score (nSPS) is 19.2. The summed E-state index contributed by atoms with van der Waals surface area (Å²) in [5.41, 5.74) is 4.15. The van der Waals surface area contributed by atoms with Crippen LogP contribution in [-0.4, -0.2) is 78.2 Å². The number of rotatable bonds is 9. The van der Waals surface area contributed by atoms with E-state index in [4.69, 9.17) is 37.4 Å². The van der Waals surface area contributed by atoms with E-state index in [1.807, 2.05) is 73.2 Å². The van der Waals surface area contributed by atoms with Crippen molar-refractivity contribution in [2.75, 3.05) is 20.2 Å². The van der Waals surface area contributed by atoms with Crippen molar-refractivity contribution in [3.05, 3.63) is 64.9 Å². The van der Waals surface area contributed by atoms with Gasteiger partial charge in [-0.2, -0.15) is 9.97 Å². The summed E-state index contributed by atoms with van der Waals surface area (Å²) >= 11 is 12.1. The molecule has 13 nitrogen and oxygen atoms in total. The number of ether oxygens (including phenoxy) is 3. The monoisotopic (exact) mass is 722 g/mol. The van der Waals surface area contributed by atoms with E-state index in [-0.39, 0.29) is 41.9 Å². The number of methoxy groups -OCH3 is 1. The van der Waals surface area contributed by atoms with Gasteiger partial charge in [-0.1, -0.05) is 35.3 Å². The van der Waals surface area contributed by atoms with Crippen molar-refractivity contribution < 1.29 is 23.8 Å². The summed E-state index contributed by atoms with van der Waals surface area (Å²) in [6, 6.07) is 11.2. The average molecular weight is 724 g/mol. The zero-order valence-corrected chi connectivity index (χ0v) is 30.3.